The Hall–Kier alpha value is -5.72. The first kappa shape index (κ1) is 25.3. The molecule has 0 aliphatic carbocycles. The number of hydrogen-bond donors (Lipinski definition) is 0. The first-order valence-corrected chi connectivity index (χ1v) is 13.3. The van der Waals surface area contributed by atoms with Crippen molar-refractivity contribution in [3.8, 4) is 28.4 Å². The van der Waals surface area contributed by atoms with Gasteiger partial charge in [0.25, 0.3) is 0 Å². The summed E-state index contributed by atoms with van der Waals surface area (Å²) in [6.45, 7) is 11.2. The summed E-state index contributed by atoms with van der Waals surface area (Å²) in [5, 5.41) is 21.7. The fourth-order valence-corrected chi connectivity index (χ4v) is 6.17. The summed E-state index contributed by atoms with van der Waals surface area (Å²) >= 11 is 0. The monoisotopic (exact) mass is 546 g/mol. The van der Waals surface area contributed by atoms with Gasteiger partial charge in [0.05, 0.1) is 10.5 Å². The van der Waals surface area contributed by atoms with Gasteiger partial charge < -0.3 is 0 Å². The average Bonchev–Trinajstić information content (AvgIpc) is 3.42. The predicted octanol–water partition coefficient (Wildman–Crippen LogP) is 8.52. The van der Waals surface area contributed by atoms with E-state index in [4.69, 9.17) is 6.57 Å². The molecular formula is C36H20F2N4. The van der Waals surface area contributed by atoms with Crippen LogP contribution >= 0.6 is 0 Å². The van der Waals surface area contributed by atoms with E-state index in [2.05, 4.69) is 15.0 Å². The van der Waals surface area contributed by atoms with Crippen LogP contribution in [0.15, 0.2) is 95.0 Å². The zero-order chi connectivity index (χ0) is 29.1. The third kappa shape index (κ3) is 3.93. The summed E-state index contributed by atoms with van der Waals surface area (Å²) in [7, 11) is 0. The lowest BCUT2D eigenvalue weighted by Crippen LogP contribution is -1.99. The van der Waals surface area contributed by atoms with Gasteiger partial charge in [-0.1, -0.05) is 36.4 Å². The fraction of sp³-hybridized carbons (Fsp3) is 0.0556. The molecule has 0 unspecified atom stereocenters. The number of aryl methyl sites for hydroxylation is 2. The molecule has 0 aliphatic heterocycles. The van der Waals surface area contributed by atoms with Crippen molar-refractivity contribution in [1.82, 2.24) is 0 Å². The Morgan fingerprint density at radius 1 is 0.571 bits per heavy atom. The highest BCUT2D eigenvalue weighted by molar-refractivity contribution is 6.21. The molecule has 0 saturated heterocycles. The van der Waals surface area contributed by atoms with Crippen molar-refractivity contribution >= 4 is 43.1 Å². The maximum Gasteiger partial charge on any atom is 0.206 e. The molecule has 4 nitrogen and oxygen atoms in total. The Balaban J connectivity index is 1.54. The minimum atomic E-state index is -0.308. The van der Waals surface area contributed by atoms with E-state index in [1.54, 1.807) is 0 Å². The van der Waals surface area contributed by atoms with Crippen LogP contribution in [0.25, 0.3) is 70.3 Å². The molecule has 0 bridgehead atoms. The highest BCUT2D eigenvalue weighted by Crippen LogP contribution is 2.35. The Morgan fingerprint density at radius 2 is 1.05 bits per heavy atom. The van der Waals surface area contributed by atoms with Crippen LogP contribution in [-0.2, 0) is 0 Å². The zero-order valence-electron chi connectivity index (χ0n) is 22.6. The molecule has 0 saturated carbocycles. The van der Waals surface area contributed by atoms with Crippen LogP contribution in [0.3, 0.4) is 0 Å². The molecule has 7 rings (SSSR count). The standard InChI is InChI=1S/C36H20F2N4/c1-19-8-23(12-25(37)10-19)21-4-6-27-29-17-34-30(16-33(29)35(41-18-39)31(27)14-21)28-7-5-22(15-32(28)36(34)42-40-3)24-9-20(2)11-26(38)13-24/h4-17H,1-2H3/b41-35+,42-36+. The van der Waals surface area contributed by atoms with Crippen LogP contribution in [-0.4, -0.2) is 0 Å². The lowest BCUT2D eigenvalue weighted by molar-refractivity contribution is 0.626. The van der Waals surface area contributed by atoms with Gasteiger partial charge in [0.2, 0.25) is 6.19 Å². The first-order valence-electron chi connectivity index (χ1n) is 13.3. The summed E-state index contributed by atoms with van der Waals surface area (Å²) in [5.74, 6) is -0.615. The summed E-state index contributed by atoms with van der Waals surface area (Å²) in [6, 6.07) is 25.5. The van der Waals surface area contributed by atoms with Gasteiger partial charge in [0.1, 0.15) is 11.6 Å². The quantitative estimate of drug-likeness (QED) is 0.122. The van der Waals surface area contributed by atoms with Gasteiger partial charge >= 0.3 is 0 Å². The van der Waals surface area contributed by atoms with E-state index in [0.29, 0.717) is 10.7 Å². The molecule has 0 aliphatic rings. The number of rotatable bonds is 2. The van der Waals surface area contributed by atoms with Crippen molar-refractivity contribution in [2.45, 2.75) is 13.8 Å². The Kier molecular flexibility index (Phi) is 5.68. The number of hydrogen-bond acceptors (Lipinski definition) is 3. The van der Waals surface area contributed by atoms with Crippen molar-refractivity contribution in [3.63, 3.8) is 0 Å². The van der Waals surface area contributed by atoms with E-state index in [-0.39, 0.29) is 11.6 Å². The second-order valence-corrected chi connectivity index (χ2v) is 10.6. The van der Waals surface area contributed by atoms with Crippen LogP contribution in [0, 0.1) is 43.5 Å². The van der Waals surface area contributed by atoms with Crippen LogP contribution < -0.4 is 10.7 Å². The van der Waals surface area contributed by atoms with Gasteiger partial charge in [-0.15, -0.1) is 4.95 Å². The van der Waals surface area contributed by atoms with Crippen molar-refractivity contribution in [2.24, 2.45) is 10.1 Å². The van der Waals surface area contributed by atoms with E-state index >= 15 is 0 Å². The summed E-state index contributed by atoms with van der Waals surface area (Å²) in [5.41, 5.74) is 4.78. The molecule has 0 fully saturated rings. The zero-order valence-corrected chi connectivity index (χ0v) is 22.6. The lowest BCUT2D eigenvalue weighted by atomic mass is 10.0. The number of benzene rings is 5. The molecule has 0 heterocycles. The van der Waals surface area contributed by atoms with E-state index in [0.717, 1.165) is 76.5 Å². The van der Waals surface area contributed by atoms with E-state index in [9.17, 15) is 14.0 Å². The Bertz CT molecular complexity index is 2270. The maximum atomic E-state index is 14.2. The van der Waals surface area contributed by atoms with Crippen LogP contribution in [0.5, 0.6) is 0 Å². The average molecular weight is 547 g/mol. The smallest absolute Gasteiger partial charge is 0.206 e. The summed E-state index contributed by atoms with van der Waals surface area (Å²) in [4.78, 5) is 7.59. The van der Waals surface area contributed by atoms with Gasteiger partial charge in [-0.25, -0.2) is 8.78 Å². The van der Waals surface area contributed by atoms with Crippen molar-refractivity contribution in [2.75, 3.05) is 0 Å². The molecule has 0 spiro atoms. The number of nitriles is 1. The number of fused-ring (bicyclic) bond motifs is 6. The van der Waals surface area contributed by atoms with Gasteiger partial charge in [0.15, 0.2) is 5.36 Å². The molecule has 0 radical (unpaired) electrons. The highest BCUT2D eigenvalue weighted by atomic mass is 19.1. The molecule has 42 heavy (non-hydrogen) atoms. The van der Waals surface area contributed by atoms with Gasteiger partial charge in [-0.3, -0.25) is 0 Å². The second kappa shape index (κ2) is 9.44. The molecule has 0 atom stereocenters. The normalized spacial score (nSPS) is 12.5. The van der Waals surface area contributed by atoms with Gasteiger partial charge in [-0.2, -0.15) is 16.8 Å². The van der Waals surface area contributed by atoms with E-state index < -0.39 is 0 Å². The topological polar surface area (TPSA) is 52.9 Å². The van der Waals surface area contributed by atoms with E-state index in [1.165, 1.54) is 24.3 Å². The van der Waals surface area contributed by atoms with Crippen molar-refractivity contribution in [3.05, 3.63) is 130 Å². The van der Waals surface area contributed by atoms with Crippen molar-refractivity contribution < 1.29 is 8.78 Å². The van der Waals surface area contributed by atoms with Crippen molar-refractivity contribution in [1.29, 1.82) is 5.26 Å². The molecule has 7 aromatic rings. The minimum absolute atomic E-state index is 0.307. The van der Waals surface area contributed by atoms with Gasteiger partial charge in [0, 0.05) is 21.5 Å². The Labute approximate surface area is 239 Å². The molecule has 7 aromatic carbocycles. The van der Waals surface area contributed by atoms with Crippen LogP contribution in [0.4, 0.5) is 8.78 Å². The van der Waals surface area contributed by atoms with Gasteiger partial charge in [-0.05, 0) is 117 Å². The second-order valence-electron chi connectivity index (χ2n) is 10.6. The van der Waals surface area contributed by atoms with E-state index in [1.807, 2.05) is 80.7 Å². The molecule has 0 N–H and O–H groups in total. The number of halogens is 2. The minimum Gasteiger partial charge on any atom is -0.207 e. The number of nitrogens with zero attached hydrogens (tertiary/aromatic N) is 4. The molecule has 6 heteroatoms. The third-order valence-corrected chi connectivity index (χ3v) is 7.86. The maximum absolute atomic E-state index is 14.2. The first-order chi connectivity index (χ1) is 20.3. The molecular weight excluding hydrogens is 526 g/mol. The van der Waals surface area contributed by atoms with Crippen LogP contribution in [0.1, 0.15) is 11.1 Å². The lowest BCUT2D eigenvalue weighted by Gasteiger charge is -2.04. The summed E-state index contributed by atoms with van der Waals surface area (Å²) in [6.07, 6.45) is 1.95. The molecule has 0 amide bonds. The highest BCUT2D eigenvalue weighted by Gasteiger charge is 2.18. The molecule has 0 aromatic heterocycles. The summed E-state index contributed by atoms with van der Waals surface area (Å²) < 4.78 is 28.4. The predicted molar refractivity (Wildman–Crippen MR) is 162 cm³/mol. The third-order valence-electron chi connectivity index (χ3n) is 7.86. The SMILES string of the molecule is [C-]#[N+]/N=c1\c2cc(-c3cc(C)cc(F)c3)ccc2c2cc3/c(=N/C#N)c4cc(-c5cc(C)cc(F)c5)ccc4c3cc12. The largest absolute Gasteiger partial charge is 0.207 e. The molecule has 198 valence electrons. The van der Waals surface area contributed by atoms with Crippen LogP contribution in [0.2, 0.25) is 0 Å². The Morgan fingerprint density at radius 3 is 1.52 bits per heavy atom. The fourth-order valence-electron chi connectivity index (χ4n) is 6.17.